The van der Waals surface area contributed by atoms with Crippen molar-refractivity contribution in [3.05, 3.63) is 11.5 Å². The van der Waals surface area contributed by atoms with Crippen LogP contribution in [-0.4, -0.2) is 16.5 Å². The second-order valence-electron chi connectivity index (χ2n) is 1.30. The largest absolute Gasteiger partial charge is 0.508 e. The van der Waals surface area contributed by atoms with Crippen molar-refractivity contribution in [3.8, 4) is 0 Å². The molecule has 3 nitrogen and oxygen atoms in total. The van der Waals surface area contributed by atoms with Crippen LogP contribution in [-0.2, 0) is 4.79 Å². The molecule has 0 aliphatic heterocycles. The first kappa shape index (κ1) is 7.01. The molecule has 0 unspecified atom stereocenters. The summed E-state index contributed by atoms with van der Waals surface area (Å²) in [4.78, 5) is 9.64. The standard InChI is InChI=1S/C5H8O3/c1-2-4(7)5(8)3-6/h3,7-8H,2H2,1H3. The number of carbonyl (C=O) groups excluding carboxylic acids is 1. The summed E-state index contributed by atoms with van der Waals surface area (Å²) in [6.45, 7) is 1.63. The minimum Gasteiger partial charge on any atom is -0.508 e. The zero-order valence-electron chi connectivity index (χ0n) is 4.59. The molecule has 46 valence electrons. The van der Waals surface area contributed by atoms with Gasteiger partial charge in [-0.15, -0.1) is 0 Å². The number of rotatable bonds is 2. The van der Waals surface area contributed by atoms with E-state index >= 15 is 0 Å². The van der Waals surface area contributed by atoms with Crippen LogP contribution in [0.1, 0.15) is 13.3 Å². The summed E-state index contributed by atoms with van der Waals surface area (Å²) in [5, 5.41) is 16.9. The van der Waals surface area contributed by atoms with Crippen LogP contribution >= 0.6 is 0 Å². The number of aliphatic hydroxyl groups excluding tert-OH is 2. The molecular formula is C5H8O3. The molecule has 0 aromatic rings. The van der Waals surface area contributed by atoms with Gasteiger partial charge in [0.25, 0.3) is 0 Å². The molecule has 0 spiro atoms. The average Bonchev–Trinajstić information content (AvgIpc) is 1.84. The number of aliphatic hydroxyl groups is 2. The van der Waals surface area contributed by atoms with Gasteiger partial charge in [-0.3, -0.25) is 4.79 Å². The van der Waals surface area contributed by atoms with Gasteiger partial charge in [-0.2, -0.15) is 0 Å². The Balaban J connectivity index is 4.03. The van der Waals surface area contributed by atoms with E-state index in [9.17, 15) is 4.79 Å². The highest BCUT2D eigenvalue weighted by Crippen LogP contribution is 1.97. The molecule has 0 aliphatic rings. The normalized spacial score (nSPS) is 12.6. The molecule has 0 saturated heterocycles. The molecule has 3 heteroatoms. The predicted molar refractivity (Wildman–Crippen MR) is 28.6 cm³/mol. The predicted octanol–water partition coefficient (Wildman–Crippen LogP) is 0.923. The van der Waals surface area contributed by atoms with Crippen molar-refractivity contribution in [2.75, 3.05) is 0 Å². The lowest BCUT2D eigenvalue weighted by atomic mass is 10.3. The fourth-order valence-electron chi connectivity index (χ4n) is 0.249. The van der Waals surface area contributed by atoms with Gasteiger partial charge in [-0.1, -0.05) is 6.92 Å². The van der Waals surface area contributed by atoms with E-state index in [2.05, 4.69) is 0 Å². The summed E-state index contributed by atoms with van der Waals surface area (Å²) in [5.74, 6) is -0.840. The highest BCUT2D eigenvalue weighted by Gasteiger charge is 1.95. The Hall–Kier alpha value is -0.990. The van der Waals surface area contributed by atoms with Gasteiger partial charge >= 0.3 is 0 Å². The third kappa shape index (κ3) is 1.64. The summed E-state index contributed by atoms with van der Waals surface area (Å²) in [7, 11) is 0. The molecule has 0 aromatic carbocycles. The molecule has 8 heavy (non-hydrogen) atoms. The number of hydrogen-bond donors (Lipinski definition) is 2. The summed E-state index contributed by atoms with van der Waals surface area (Å²) in [6.07, 6.45) is 0.489. The van der Waals surface area contributed by atoms with Crippen LogP contribution in [0.15, 0.2) is 11.5 Å². The van der Waals surface area contributed by atoms with Gasteiger partial charge in [-0.05, 0) is 0 Å². The van der Waals surface area contributed by atoms with Gasteiger partial charge in [0.1, 0.15) is 5.76 Å². The average molecular weight is 116 g/mol. The zero-order chi connectivity index (χ0) is 6.57. The SMILES string of the molecule is CCC(O)=C(O)C=O. The van der Waals surface area contributed by atoms with Gasteiger partial charge < -0.3 is 10.2 Å². The number of aldehydes is 1. The van der Waals surface area contributed by atoms with E-state index in [1.54, 1.807) is 6.92 Å². The second-order valence-corrected chi connectivity index (χ2v) is 1.30. The first-order valence-electron chi connectivity index (χ1n) is 2.28. The van der Waals surface area contributed by atoms with Gasteiger partial charge in [0.05, 0.1) is 0 Å². The van der Waals surface area contributed by atoms with Crippen LogP contribution < -0.4 is 0 Å². The van der Waals surface area contributed by atoms with Crippen molar-refractivity contribution < 1.29 is 15.0 Å². The monoisotopic (exact) mass is 116 g/mol. The summed E-state index contributed by atoms with van der Waals surface area (Å²) in [5.41, 5.74) is 0. The van der Waals surface area contributed by atoms with Crippen LogP contribution in [0.2, 0.25) is 0 Å². The van der Waals surface area contributed by atoms with Gasteiger partial charge in [-0.25, -0.2) is 0 Å². The van der Waals surface area contributed by atoms with Crippen molar-refractivity contribution in [2.45, 2.75) is 13.3 Å². The molecule has 0 aromatic heterocycles. The van der Waals surface area contributed by atoms with E-state index in [0.717, 1.165) is 0 Å². The third-order valence-corrected chi connectivity index (χ3v) is 0.742. The van der Waals surface area contributed by atoms with Crippen molar-refractivity contribution in [3.63, 3.8) is 0 Å². The third-order valence-electron chi connectivity index (χ3n) is 0.742. The highest BCUT2D eigenvalue weighted by molar-refractivity contribution is 5.70. The lowest BCUT2D eigenvalue weighted by Gasteiger charge is -1.91. The first-order valence-corrected chi connectivity index (χ1v) is 2.28. The minimum absolute atomic E-state index is 0.207. The smallest absolute Gasteiger partial charge is 0.193 e. The van der Waals surface area contributed by atoms with Crippen molar-refractivity contribution in [2.24, 2.45) is 0 Å². The molecule has 0 rings (SSSR count). The molecule has 0 atom stereocenters. The maximum Gasteiger partial charge on any atom is 0.193 e. The topological polar surface area (TPSA) is 57.5 Å². The molecule has 0 heterocycles. The highest BCUT2D eigenvalue weighted by atomic mass is 16.3. The maximum absolute atomic E-state index is 9.64. The van der Waals surface area contributed by atoms with E-state index in [4.69, 9.17) is 10.2 Å². The maximum atomic E-state index is 9.64. The molecule has 0 amide bonds. The molecule has 0 saturated carbocycles. The quantitative estimate of drug-likeness (QED) is 0.320. The minimum atomic E-state index is -0.576. The van der Waals surface area contributed by atoms with Crippen molar-refractivity contribution >= 4 is 6.29 Å². The zero-order valence-corrected chi connectivity index (χ0v) is 4.59. The van der Waals surface area contributed by atoms with Crippen LogP contribution in [0.25, 0.3) is 0 Å². The fraction of sp³-hybridized carbons (Fsp3) is 0.400. The van der Waals surface area contributed by atoms with Gasteiger partial charge in [0.2, 0.25) is 0 Å². The van der Waals surface area contributed by atoms with Crippen LogP contribution in [0.4, 0.5) is 0 Å². The molecule has 2 N–H and O–H groups in total. The van der Waals surface area contributed by atoms with E-state index in [-0.39, 0.29) is 18.5 Å². The molecule has 0 radical (unpaired) electrons. The lowest BCUT2D eigenvalue weighted by Crippen LogP contribution is -1.88. The van der Waals surface area contributed by atoms with Crippen LogP contribution in [0.3, 0.4) is 0 Å². The molecule has 0 fully saturated rings. The van der Waals surface area contributed by atoms with Gasteiger partial charge in [0.15, 0.2) is 12.0 Å². The molecule has 0 aliphatic carbocycles. The number of carbonyl (C=O) groups is 1. The van der Waals surface area contributed by atoms with E-state index in [1.807, 2.05) is 0 Å². The summed E-state index contributed by atoms with van der Waals surface area (Å²) >= 11 is 0. The number of hydrogen-bond acceptors (Lipinski definition) is 3. The van der Waals surface area contributed by atoms with Crippen molar-refractivity contribution in [1.82, 2.24) is 0 Å². The Morgan fingerprint density at radius 2 is 2.12 bits per heavy atom. The van der Waals surface area contributed by atoms with E-state index < -0.39 is 5.76 Å². The summed E-state index contributed by atoms with van der Waals surface area (Å²) < 4.78 is 0. The van der Waals surface area contributed by atoms with E-state index in [0.29, 0.717) is 0 Å². The van der Waals surface area contributed by atoms with Crippen LogP contribution in [0, 0.1) is 0 Å². The Bertz CT molecular complexity index is 115. The van der Waals surface area contributed by atoms with Crippen LogP contribution in [0.5, 0.6) is 0 Å². The molecule has 0 bridgehead atoms. The second kappa shape index (κ2) is 3.07. The number of allylic oxidation sites excluding steroid dienone is 2. The lowest BCUT2D eigenvalue weighted by molar-refractivity contribution is -0.107. The Morgan fingerprint density at radius 3 is 2.25 bits per heavy atom. The Labute approximate surface area is 47.3 Å². The fourth-order valence-corrected chi connectivity index (χ4v) is 0.249. The van der Waals surface area contributed by atoms with Gasteiger partial charge in [0, 0.05) is 6.42 Å². The Morgan fingerprint density at radius 1 is 1.62 bits per heavy atom. The first-order chi connectivity index (χ1) is 3.72. The van der Waals surface area contributed by atoms with Crippen molar-refractivity contribution in [1.29, 1.82) is 0 Å². The Kier molecular flexibility index (Phi) is 2.69. The summed E-state index contributed by atoms with van der Waals surface area (Å²) in [6, 6.07) is 0. The van der Waals surface area contributed by atoms with E-state index in [1.165, 1.54) is 0 Å². The molecular weight excluding hydrogens is 108 g/mol.